The summed E-state index contributed by atoms with van der Waals surface area (Å²) < 4.78 is 24.5. The topological polar surface area (TPSA) is 95.1 Å². The number of benzene rings is 4. The van der Waals surface area contributed by atoms with Gasteiger partial charge in [0.25, 0.3) is 11.8 Å². The molecule has 1 saturated heterocycles. The van der Waals surface area contributed by atoms with Crippen molar-refractivity contribution in [2.24, 2.45) is 0 Å². The lowest BCUT2D eigenvalue weighted by Gasteiger charge is -2.19. The minimum absolute atomic E-state index is 0.129. The molecule has 0 saturated carbocycles. The van der Waals surface area contributed by atoms with Gasteiger partial charge in [0.2, 0.25) is 0 Å². The molecule has 1 fully saturated rings. The lowest BCUT2D eigenvalue weighted by Crippen LogP contribution is -2.43. The molecular weight excluding hydrogens is 520 g/mol. The van der Waals surface area contributed by atoms with Crippen LogP contribution in [0.15, 0.2) is 84.9 Å². The predicted octanol–water partition coefficient (Wildman–Crippen LogP) is 5.00. The third kappa shape index (κ3) is 5.75. The highest BCUT2D eigenvalue weighted by Gasteiger charge is 2.41. The molecule has 2 aliphatic rings. The fraction of sp³-hybridized carbons (Fsp3) is 0.273. The molecular formula is C33H32N2O6. The maximum Gasteiger partial charge on any atom is 0.255 e. The van der Waals surface area contributed by atoms with Crippen molar-refractivity contribution in [3.63, 3.8) is 0 Å². The normalized spacial score (nSPS) is 21.5. The van der Waals surface area contributed by atoms with Crippen LogP contribution >= 0.6 is 0 Å². The van der Waals surface area contributed by atoms with E-state index >= 15 is 0 Å². The van der Waals surface area contributed by atoms with Crippen LogP contribution in [0, 0.1) is 0 Å². The van der Waals surface area contributed by atoms with Crippen molar-refractivity contribution in [1.82, 2.24) is 10.6 Å². The third-order valence-electron chi connectivity index (χ3n) is 7.26. The molecule has 2 aliphatic heterocycles. The van der Waals surface area contributed by atoms with Crippen molar-refractivity contribution in [1.29, 1.82) is 0 Å². The molecule has 4 aromatic carbocycles. The van der Waals surface area contributed by atoms with Gasteiger partial charge in [-0.25, -0.2) is 0 Å². The van der Waals surface area contributed by atoms with E-state index in [2.05, 4.69) is 17.2 Å². The van der Waals surface area contributed by atoms with Crippen LogP contribution < -0.4 is 20.1 Å². The molecule has 0 bridgehead atoms. The van der Waals surface area contributed by atoms with Crippen LogP contribution in [0.4, 0.5) is 0 Å². The van der Waals surface area contributed by atoms with E-state index in [9.17, 15) is 9.59 Å². The zero-order valence-corrected chi connectivity index (χ0v) is 23.1. The number of fused-ring (bicyclic) bond motifs is 5. The molecule has 0 radical (unpaired) electrons. The van der Waals surface area contributed by atoms with Gasteiger partial charge in [0.15, 0.2) is 5.79 Å². The summed E-state index contributed by atoms with van der Waals surface area (Å²) >= 11 is 0. The zero-order chi connectivity index (χ0) is 28.6. The van der Waals surface area contributed by atoms with Crippen molar-refractivity contribution in [3.8, 4) is 11.5 Å². The van der Waals surface area contributed by atoms with Crippen LogP contribution in [0.1, 0.15) is 34.6 Å². The molecule has 41 heavy (non-hydrogen) atoms. The van der Waals surface area contributed by atoms with E-state index in [0.717, 1.165) is 21.5 Å². The number of carbonyl (C=O) groups excluding carboxylic acids is 2. The van der Waals surface area contributed by atoms with Crippen LogP contribution in [-0.2, 0) is 9.47 Å². The first-order valence-electron chi connectivity index (χ1n) is 13.7. The highest BCUT2D eigenvalue weighted by Crippen LogP contribution is 2.31. The van der Waals surface area contributed by atoms with Gasteiger partial charge in [0.1, 0.15) is 36.9 Å². The highest BCUT2D eigenvalue weighted by atomic mass is 16.8. The molecule has 0 aromatic heterocycles. The molecule has 2 heterocycles. The first kappa shape index (κ1) is 26.8. The Morgan fingerprint density at radius 1 is 0.683 bits per heavy atom. The Balaban J connectivity index is 1.36. The van der Waals surface area contributed by atoms with Crippen molar-refractivity contribution < 1.29 is 28.5 Å². The van der Waals surface area contributed by atoms with E-state index < -0.39 is 18.0 Å². The van der Waals surface area contributed by atoms with E-state index in [1.54, 1.807) is 0 Å². The molecule has 4 aromatic rings. The van der Waals surface area contributed by atoms with Crippen LogP contribution in [0.2, 0.25) is 0 Å². The fourth-order valence-corrected chi connectivity index (χ4v) is 5.27. The molecule has 2 amide bonds. The summed E-state index contributed by atoms with van der Waals surface area (Å²) in [6.45, 7) is 8.36. The second-order valence-corrected chi connectivity index (χ2v) is 10.9. The summed E-state index contributed by atoms with van der Waals surface area (Å²) in [6, 6.07) is 22.9. The monoisotopic (exact) mass is 552 g/mol. The zero-order valence-electron chi connectivity index (χ0n) is 23.1. The molecule has 0 aliphatic carbocycles. The van der Waals surface area contributed by atoms with E-state index in [4.69, 9.17) is 18.9 Å². The van der Waals surface area contributed by atoms with Gasteiger partial charge in [-0.1, -0.05) is 55.1 Å². The average molecular weight is 553 g/mol. The van der Waals surface area contributed by atoms with Gasteiger partial charge in [-0.3, -0.25) is 9.59 Å². The number of nitrogens with one attached hydrogen (secondary N) is 2. The second-order valence-electron chi connectivity index (χ2n) is 10.9. The van der Waals surface area contributed by atoms with Gasteiger partial charge >= 0.3 is 0 Å². The summed E-state index contributed by atoms with van der Waals surface area (Å²) in [5, 5.41) is 9.70. The number of ether oxygens (including phenoxy) is 4. The Kier molecular flexibility index (Phi) is 7.11. The Hall–Kier alpha value is -4.40. The van der Waals surface area contributed by atoms with Gasteiger partial charge < -0.3 is 29.6 Å². The van der Waals surface area contributed by atoms with Gasteiger partial charge in [0.05, 0.1) is 11.1 Å². The van der Waals surface area contributed by atoms with E-state index in [1.807, 2.05) is 86.6 Å². The molecule has 0 spiro atoms. The summed E-state index contributed by atoms with van der Waals surface area (Å²) in [5.41, 5.74) is 1.45. The SMILES string of the molecule is C=C1COc2cc3ccccc3cc2C(=O)NC[C@@H]2OC(C)(C)O[C@H]2CNC(=O)c2cc3ccccc3cc2OC1. The number of hydrogen-bond acceptors (Lipinski definition) is 6. The molecule has 0 unspecified atom stereocenters. The Bertz CT molecular complexity index is 1540. The number of carbonyl (C=O) groups is 2. The standard InChI is InChI=1S/C33H32N2O6/c1-20-18-38-27-14-23-10-6-4-8-21(23)12-25(27)31(36)34-16-29-30(41-33(2,3)40-29)17-35-32(37)26-13-22-9-5-7-11-24(22)15-28(26)39-19-20/h4-15,29-30H,1,16-19H2,2-3H3,(H,34,36)(H,35,37)/t29-,30-/m0/s1. The highest BCUT2D eigenvalue weighted by molar-refractivity contribution is 6.02. The van der Waals surface area contributed by atoms with Crippen LogP contribution in [0.3, 0.4) is 0 Å². The first-order chi connectivity index (χ1) is 19.8. The number of rotatable bonds is 0. The van der Waals surface area contributed by atoms with E-state index in [0.29, 0.717) is 28.2 Å². The lowest BCUT2D eigenvalue weighted by atomic mass is 10.0. The van der Waals surface area contributed by atoms with Crippen LogP contribution in [-0.4, -0.2) is 56.1 Å². The minimum Gasteiger partial charge on any atom is -0.488 e. The van der Waals surface area contributed by atoms with Crippen molar-refractivity contribution in [3.05, 3.63) is 96.1 Å². The predicted molar refractivity (Wildman–Crippen MR) is 157 cm³/mol. The first-order valence-corrected chi connectivity index (χ1v) is 13.7. The van der Waals surface area contributed by atoms with Crippen molar-refractivity contribution in [2.45, 2.75) is 31.8 Å². The van der Waals surface area contributed by atoms with Crippen molar-refractivity contribution in [2.75, 3.05) is 26.3 Å². The van der Waals surface area contributed by atoms with Gasteiger partial charge in [-0.15, -0.1) is 0 Å². The summed E-state index contributed by atoms with van der Waals surface area (Å²) in [5.74, 6) is -0.592. The number of amides is 2. The molecule has 2 atom stereocenters. The maximum absolute atomic E-state index is 13.4. The van der Waals surface area contributed by atoms with E-state index in [-0.39, 0.29) is 38.1 Å². The second kappa shape index (κ2) is 10.9. The molecule has 2 N–H and O–H groups in total. The van der Waals surface area contributed by atoms with Gasteiger partial charge in [-0.05, 0) is 65.2 Å². The van der Waals surface area contributed by atoms with Crippen molar-refractivity contribution >= 4 is 33.4 Å². The summed E-state index contributed by atoms with van der Waals surface area (Å²) in [4.78, 5) is 26.9. The number of hydrogen-bond donors (Lipinski definition) is 2. The smallest absolute Gasteiger partial charge is 0.255 e. The fourth-order valence-electron chi connectivity index (χ4n) is 5.27. The van der Waals surface area contributed by atoms with Crippen LogP contribution in [0.25, 0.3) is 21.5 Å². The quantitative estimate of drug-likeness (QED) is 0.298. The largest absolute Gasteiger partial charge is 0.488 e. The third-order valence-corrected chi connectivity index (χ3v) is 7.26. The lowest BCUT2D eigenvalue weighted by molar-refractivity contribution is -0.145. The summed E-state index contributed by atoms with van der Waals surface area (Å²) in [6.07, 6.45) is -0.969. The van der Waals surface area contributed by atoms with Gasteiger partial charge in [-0.2, -0.15) is 0 Å². The maximum atomic E-state index is 13.4. The Morgan fingerprint density at radius 2 is 1.07 bits per heavy atom. The molecule has 210 valence electrons. The molecule has 8 heteroatoms. The Labute approximate surface area is 238 Å². The van der Waals surface area contributed by atoms with E-state index in [1.165, 1.54) is 0 Å². The molecule has 8 nitrogen and oxygen atoms in total. The van der Waals surface area contributed by atoms with Gasteiger partial charge in [0, 0.05) is 13.1 Å². The Morgan fingerprint density at radius 3 is 1.49 bits per heavy atom. The summed E-state index contributed by atoms with van der Waals surface area (Å²) in [7, 11) is 0. The average Bonchev–Trinajstić information content (AvgIpc) is 3.27. The van der Waals surface area contributed by atoms with Crippen LogP contribution in [0.5, 0.6) is 11.5 Å². The molecule has 6 rings (SSSR count). The minimum atomic E-state index is -0.875.